The van der Waals surface area contributed by atoms with E-state index < -0.39 is 32.1 Å². The minimum atomic E-state index is -4.03. The quantitative estimate of drug-likeness (QED) is 0.555. The molecule has 0 saturated carbocycles. The van der Waals surface area contributed by atoms with Gasteiger partial charge in [-0.25, -0.2) is 4.57 Å². The third-order valence-corrected chi connectivity index (χ3v) is 3.42. The van der Waals surface area contributed by atoms with Crippen molar-refractivity contribution in [1.29, 1.82) is 0 Å². The Morgan fingerprint density at radius 2 is 2.25 bits per heavy atom. The van der Waals surface area contributed by atoms with Crippen LogP contribution in [-0.4, -0.2) is 49.8 Å². The van der Waals surface area contributed by atoms with Gasteiger partial charge in [0.15, 0.2) is 0 Å². The molecule has 16 heavy (non-hydrogen) atoms. The molecule has 2 bridgehead atoms. The predicted molar refractivity (Wildman–Crippen MR) is 55.1 cm³/mol. The maximum absolute atomic E-state index is 11.4. The van der Waals surface area contributed by atoms with E-state index in [0.29, 0.717) is 0 Å². The fraction of sp³-hybridized carbons (Fsp3) is 1.00. The van der Waals surface area contributed by atoms with Crippen LogP contribution in [0, 0.1) is 0 Å². The average molecular weight is 248 g/mol. The Kier molecular flexibility index (Phi) is 3.45. The number of hydrogen-bond donors (Lipinski definition) is 1. The number of rotatable bonds is 2. The Morgan fingerprint density at radius 3 is 2.88 bits per heavy atom. The van der Waals surface area contributed by atoms with Crippen molar-refractivity contribution in [2.75, 3.05) is 6.61 Å². The van der Waals surface area contributed by atoms with Gasteiger partial charge in [0.2, 0.25) is 0 Å². The number of ether oxygens (including phenoxy) is 2. The molecule has 1 N–H and O–H groups in total. The lowest BCUT2D eigenvalue weighted by atomic mass is 9.93. The zero-order valence-electron chi connectivity index (χ0n) is 9.11. The van der Waals surface area contributed by atoms with Gasteiger partial charge in [0.1, 0.15) is 26.2 Å². The number of fused-ring (bicyclic) bond motifs is 2. The molecule has 0 amide bonds. The molecule has 5 atom stereocenters. The average Bonchev–Trinajstić information content (AvgIpc) is 2.34. The molecule has 2 radical (unpaired) electrons. The van der Waals surface area contributed by atoms with Crippen molar-refractivity contribution in [3.8, 4) is 0 Å². The molecule has 8 heteroatoms. The van der Waals surface area contributed by atoms with E-state index in [4.69, 9.17) is 26.4 Å². The molecular formula is C8H14BO6P. The van der Waals surface area contributed by atoms with Gasteiger partial charge >= 0.3 is 7.82 Å². The molecule has 2 aliphatic rings. The first-order valence-electron chi connectivity index (χ1n) is 5.11. The summed E-state index contributed by atoms with van der Waals surface area (Å²) in [6.45, 7) is 3.65. The normalized spacial score (nSPS) is 48.2. The second-order valence-electron chi connectivity index (χ2n) is 4.12. The standard InChI is InChI=1S/C8H14BO6P/c1-4(2)13-6-5-3-12-16(10,11)15-7(6)8(9)14-5/h4-8H,3H2,1-2H3,(H,10,11)/t5-,6?,7?,8-/m1/s1. The van der Waals surface area contributed by atoms with E-state index in [2.05, 4.69) is 0 Å². The highest BCUT2D eigenvalue weighted by Gasteiger charge is 2.50. The van der Waals surface area contributed by atoms with E-state index in [-0.39, 0.29) is 12.7 Å². The zero-order valence-corrected chi connectivity index (χ0v) is 10.0. The van der Waals surface area contributed by atoms with Crippen LogP contribution in [-0.2, 0) is 23.1 Å². The summed E-state index contributed by atoms with van der Waals surface area (Å²) in [5.74, 6) is 0. The van der Waals surface area contributed by atoms with E-state index in [1.54, 1.807) is 0 Å². The van der Waals surface area contributed by atoms with E-state index in [9.17, 15) is 9.46 Å². The van der Waals surface area contributed by atoms with Crippen LogP contribution in [0.15, 0.2) is 0 Å². The molecule has 0 aromatic carbocycles. The second kappa shape index (κ2) is 4.40. The van der Waals surface area contributed by atoms with Crippen molar-refractivity contribution < 1.29 is 28.0 Å². The first-order chi connectivity index (χ1) is 7.39. The lowest BCUT2D eigenvalue weighted by molar-refractivity contribution is -0.0596. The Hall–Kier alpha value is 0.0949. The molecule has 2 fully saturated rings. The summed E-state index contributed by atoms with van der Waals surface area (Å²) in [4.78, 5) is 9.29. The summed E-state index contributed by atoms with van der Waals surface area (Å²) in [6.07, 6.45) is -1.77. The first kappa shape index (κ1) is 12.5. The van der Waals surface area contributed by atoms with Crippen LogP contribution >= 0.6 is 7.82 Å². The maximum atomic E-state index is 11.4. The van der Waals surface area contributed by atoms with E-state index in [1.165, 1.54) is 0 Å². The van der Waals surface area contributed by atoms with Crippen molar-refractivity contribution in [2.24, 2.45) is 0 Å². The van der Waals surface area contributed by atoms with Crippen LogP contribution in [0.5, 0.6) is 0 Å². The third kappa shape index (κ3) is 2.50. The summed E-state index contributed by atoms with van der Waals surface area (Å²) < 4.78 is 31.9. The summed E-state index contributed by atoms with van der Waals surface area (Å²) in [7, 11) is 1.63. The van der Waals surface area contributed by atoms with Crippen LogP contribution in [0.2, 0.25) is 0 Å². The molecule has 2 rings (SSSR count). The smallest absolute Gasteiger partial charge is 0.377 e. The summed E-state index contributed by atoms with van der Waals surface area (Å²) >= 11 is 0. The van der Waals surface area contributed by atoms with Crippen LogP contribution in [0.4, 0.5) is 0 Å². The van der Waals surface area contributed by atoms with Crippen molar-refractivity contribution in [3.05, 3.63) is 0 Å². The fourth-order valence-electron chi connectivity index (χ4n) is 1.84. The van der Waals surface area contributed by atoms with E-state index in [1.807, 2.05) is 13.8 Å². The SMILES string of the molecule is [B][C@@H]1O[C@@H]2COP(=O)(O)OC1C2OC(C)C. The van der Waals surface area contributed by atoms with E-state index >= 15 is 0 Å². The molecule has 2 aliphatic heterocycles. The lowest BCUT2D eigenvalue weighted by Crippen LogP contribution is -2.38. The van der Waals surface area contributed by atoms with Crippen molar-refractivity contribution in [2.45, 2.75) is 44.3 Å². The first-order valence-corrected chi connectivity index (χ1v) is 6.61. The van der Waals surface area contributed by atoms with Gasteiger partial charge in [0.05, 0.1) is 12.7 Å². The highest BCUT2D eigenvalue weighted by atomic mass is 31.2. The Labute approximate surface area is 95.2 Å². The summed E-state index contributed by atoms with van der Waals surface area (Å²) in [5.41, 5.74) is 0. The zero-order chi connectivity index (χ0) is 11.9. The molecule has 0 spiro atoms. The van der Waals surface area contributed by atoms with Gasteiger partial charge in [-0.1, -0.05) is 0 Å². The molecule has 2 heterocycles. The van der Waals surface area contributed by atoms with Gasteiger partial charge in [0.25, 0.3) is 0 Å². The molecule has 0 aliphatic carbocycles. The fourth-order valence-corrected chi connectivity index (χ4v) is 2.78. The molecule has 0 aromatic rings. The maximum Gasteiger partial charge on any atom is 0.472 e. The summed E-state index contributed by atoms with van der Waals surface area (Å²) in [6, 6.07) is -0.766. The highest BCUT2D eigenvalue weighted by Crippen LogP contribution is 2.50. The van der Waals surface area contributed by atoms with Gasteiger partial charge in [-0.2, -0.15) is 0 Å². The Bertz CT molecular complexity index is 311. The predicted octanol–water partition coefficient (Wildman–Crippen LogP) is 0.189. The van der Waals surface area contributed by atoms with Gasteiger partial charge in [-0.3, -0.25) is 9.05 Å². The van der Waals surface area contributed by atoms with Gasteiger partial charge in [-0.05, 0) is 13.8 Å². The largest absolute Gasteiger partial charge is 0.472 e. The van der Waals surface area contributed by atoms with Gasteiger partial charge < -0.3 is 14.4 Å². The van der Waals surface area contributed by atoms with E-state index in [0.717, 1.165) is 0 Å². The number of phosphoric ester groups is 1. The van der Waals surface area contributed by atoms with Crippen LogP contribution < -0.4 is 0 Å². The van der Waals surface area contributed by atoms with Crippen molar-refractivity contribution >= 4 is 15.7 Å². The lowest BCUT2D eigenvalue weighted by Gasteiger charge is -2.23. The molecular weight excluding hydrogens is 234 g/mol. The molecule has 0 aromatic heterocycles. The van der Waals surface area contributed by atoms with Crippen LogP contribution in [0.25, 0.3) is 0 Å². The van der Waals surface area contributed by atoms with Crippen molar-refractivity contribution in [1.82, 2.24) is 0 Å². The van der Waals surface area contributed by atoms with Crippen LogP contribution in [0.1, 0.15) is 13.8 Å². The number of hydrogen-bond acceptors (Lipinski definition) is 5. The van der Waals surface area contributed by atoms with Gasteiger partial charge in [0, 0.05) is 6.00 Å². The highest BCUT2D eigenvalue weighted by molar-refractivity contribution is 7.47. The molecule has 90 valence electrons. The van der Waals surface area contributed by atoms with Crippen LogP contribution in [0.3, 0.4) is 0 Å². The number of phosphoric acid groups is 1. The minimum Gasteiger partial charge on any atom is -0.377 e. The Morgan fingerprint density at radius 1 is 1.56 bits per heavy atom. The Balaban J connectivity index is 2.17. The van der Waals surface area contributed by atoms with Gasteiger partial charge in [-0.15, -0.1) is 0 Å². The second-order valence-corrected chi connectivity index (χ2v) is 5.53. The molecule has 3 unspecified atom stereocenters. The topological polar surface area (TPSA) is 74.2 Å². The van der Waals surface area contributed by atoms with Crippen molar-refractivity contribution in [3.63, 3.8) is 0 Å². The molecule has 6 nitrogen and oxygen atoms in total. The monoisotopic (exact) mass is 248 g/mol. The molecule has 2 saturated heterocycles. The minimum absolute atomic E-state index is 0.0521. The summed E-state index contributed by atoms with van der Waals surface area (Å²) in [5, 5.41) is 0. The third-order valence-electron chi connectivity index (χ3n) is 2.43.